The molecule has 3 atom stereocenters. The molecule has 0 heterocycles. The maximum absolute atomic E-state index is 12.2. The van der Waals surface area contributed by atoms with Gasteiger partial charge in [0.05, 0.1) is 5.25 Å². The number of rotatable bonds is 8. The minimum Gasteiger partial charge on any atom is -0.309 e. The van der Waals surface area contributed by atoms with Gasteiger partial charge in [0.2, 0.25) is 0 Å². The molecule has 3 unspecified atom stereocenters. The number of nitrogens with one attached hydrogen (secondary N) is 1. The fourth-order valence-electron chi connectivity index (χ4n) is 2.05. The normalized spacial score (nSPS) is 16.2. The standard InChI is InChI=1S/C15H25NOS/c1-4-11-16-15(13(3)18(17)12-5-2)14-9-7-6-8-10-14/h6-10,13,15-16H,4-5,11-12H2,1-3H3. The van der Waals surface area contributed by atoms with Crippen LogP contribution in [0.2, 0.25) is 0 Å². The summed E-state index contributed by atoms with van der Waals surface area (Å²) in [6.07, 6.45) is 2.07. The van der Waals surface area contributed by atoms with Gasteiger partial charge in [-0.2, -0.15) is 0 Å². The third-order valence-corrected chi connectivity index (χ3v) is 4.97. The summed E-state index contributed by atoms with van der Waals surface area (Å²) < 4.78 is 12.2. The zero-order valence-electron chi connectivity index (χ0n) is 11.7. The first-order valence-electron chi connectivity index (χ1n) is 6.86. The molecule has 0 bridgehead atoms. The zero-order chi connectivity index (χ0) is 13.4. The van der Waals surface area contributed by atoms with Gasteiger partial charge in [-0.25, -0.2) is 0 Å². The minimum absolute atomic E-state index is 0.152. The summed E-state index contributed by atoms with van der Waals surface area (Å²) in [5.41, 5.74) is 1.24. The molecule has 0 amide bonds. The number of hydrogen-bond donors (Lipinski definition) is 1. The van der Waals surface area contributed by atoms with Crippen molar-refractivity contribution < 1.29 is 4.21 Å². The third-order valence-electron chi connectivity index (χ3n) is 3.06. The average Bonchev–Trinajstić information content (AvgIpc) is 2.40. The highest BCUT2D eigenvalue weighted by atomic mass is 32.2. The molecule has 2 nitrogen and oxygen atoms in total. The van der Waals surface area contributed by atoms with Crippen molar-refractivity contribution in [2.45, 2.75) is 44.9 Å². The SMILES string of the molecule is CCCNC(c1ccccc1)C(C)S(=O)CCC. The Bertz CT molecular complexity index is 353. The zero-order valence-corrected chi connectivity index (χ0v) is 12.5. The first-order chi connectivity index (χ1) is 8.70. The second-order valence-corrected chi connectivity index (χ2v) is 6.55. The minimum atomic E-state index is -0.761. The molecule has 102 valence electrons. The lowest BCUT2D eigenvalue weighted by Crippen LogP contribution is -2.34. The molecule has 0 saturated heterocycles. The maximum atomic E-state index is 12.2. The summed E-state index contributed by atoms with van der Waals surface area (Å²) in [6.45, 7) is 7.30. The quantitative estimate of drug-likeness (QED) is 0.783. The van der Waals surface area contributed by atoms with E-state index in [0.717, 1.165) is 25.1 Å². The van der Waals surface area contributed by atoms with Gasteiger partial charge in [-0.05, 0) is 31.9 Å². The molecule has 0 aromatic heterocycles. The first-order valence-corrected chi connectivity index (χ1v) is 8.24. The molecule has 3 heteroatoms. The molecule has 0 saturated carbocycles. The van der Waals surface area contributed by atoms with Crippen molar-refractivity contribution in [1.29, 1.82) is 0 Å². The van der Waals surface area contributed by atoms with Crippen LogP contribution in [0.3, 0.4) is 0 Å². The summed E-state index contributed by atoms with van der Waals surface area (Å²) in [7, 11) is -0.761. The molecule has 0 fully saturated rings. The fourth-order valence-corrected chi connectivity index (χ4v) is 3.38. The molecule has 0 aliphatic rings. The highest BCUT2D eigenvalue weighted by molar-refractivity contribution is 7.85. The third kappa shape index (κ3) is 4.54. The molecule has 1 aromatic carbocycles. The fraction of sp³-hybridized carbons (Fsp3) is 0.600. The van der Waals surface area contributed by atoms with Gasteiger partial charge in [0, 0.05) is 22.6 Å². The Morgan fingerprint density at radius 2 is 1.83 bits per heavy atom. The molecule has 1 aromatic rings. The van der Waals surface area contributed by atoms with Crippen molar-refractivity contribution in [2.24, 2.45) is 0 Å². The van der Waals surface area contributed by atoms with Crippen molar-refractivity contribution in [3.63, 3.8) is 0 Å². The Kier molecular flexibility index (Phi) is 7.21. The lowest BCUT2D eigenvalue weighted by molar-refractivity contribution is 0.518. The van der Waals surface area contributed by atoms with Gasteiger partial charge in [0.1, 0.15) is 0 Å². The predicted octanol–water partition coefficient (Wildman–Crippen LogP) is 3.27. The Labute approximate surface area is 114 Å². The maximum Gasteiger partial charge on any atom is 0.0514 e. The summed E-state index contributed by atoms with van der Waals surface area (Å²) in [6, 6.07) is 10.5. The van der Waals surface area contributed by atoms with Gasteiger partial charge < -0.3 is 5.32 Å². The van der Waals surface area contributed by atoms with Crippen molar-refractivity contribution in [3.05, 3.63) is 35.9 Å². The van der Waals surface area contributed by atoms with Crippen molar-refractivity contribution in [2.75, 3.05) is 12.3 Å². The lowest BCUT2D eigenvalue weighted by atomic mass is 10.0. The van der Waals surface area contributed by atoms with Gasteiger partial charge in [0.15, 0.2) is 0 Å². The van der Waals surface area contributed by atoms with Crippen molar-refractivity contribution in [3.8, 4) is 0 Å². The van der Waals surface area contributed by atoms with E-state index in [1.54, 1.807) is 0 Å². The second-order valence-electron chi connectivity index (χ2n) is 4.63. The molecule has 0 aliphatic carbocycles. The Hall–Kier alpha value is -0.670. The molecule has 1 rings (SSSR count). The number of benzene rings is 1. The van der Waals surface area contributed by atoms with Crippen LogP contribution in [0.5, 0.6) is 0 Å². The lowest BCUT2D eigenvalue weighted by Gasteiger charge is -2.25. The van der Waals surface area contributed by atoms with Crippen LogP contribution < -0.4 is 5.32 Å². The molecular weight excluding hydrogens is 242 g/mol. The topological polar surface area (TPSA) is 29.1 Å². The van der Waals surface area contributed by atoms with E-state index in [9.17, 15) is 4.21 Å². The highest BCUT2D eigenvalue weighted by Crippen LogP contribution is 2.21. The molecule has 0 aliphatic heterocycles. The van der Waals surface area contributed by atoms with E-state index in [2.05, 4.69) is 38.2 Å². The van der Waals surface area contributed by atoms with Crippen molar-refractivity contribution in [1.82, 2.24) is 5.32 Å². The monoisotopic (exact) mass is 267 g/mol. The average molecular weight is 267 g/mol. The van der Waals surface area contributed by atoms with Crippen LogP contribution >= 0.6 is 0 Å². The van der Waals surface area contributed by atoms with Crippen LogP contribution in [-0.2, 0) is 10.8 Å². The molecule has 0 spiro atoms. The van der Waals surface area contributed by atoms with Crippen molar-refractivity contribution >= 4 is 10.8 Å². The summed E-state index contributed by atoms with van der Waals surface area (Å²) in [4.78, 5) is 0. The summed E-state index contributed by atoms with van der Waals surface area (Å²) in [5, 5.41) is 3.68. The van der Waals surface area contributed by atoms with Gasteiger partial charge in [0.25, 0.3) is 0 Å². The van der Waals surface area contributed by atoms with E-state index in [-0.39, 0.29) is 11.3 Å². The Balaban J connectivity index is 2.81. The van der Waals surface area contributed by atoms with Crippen LogP contribution in [0.1, 0.15) is 45.2 Å². The highest BCUT2D eigenvalue weighted by Gasteiger charge is 2.22. The van der Waals surface area contributed by atoms with Gasteiger partial charge in [-0.3, -0.25) is 4.21 Å². The van der Waals surface area contributed by atoms with Crippen LogP contribution in [0, 0.1) is 0 Å². The van der Waals surface area contributed by atoms with Crippen LogP contribution in [0.4, 0.5) is 0 Å². The summed E-state index contributed by atoms with van der Waals surface area (Å²) in [5.74, 6) is 0.790. The number of hydrogen-bond acceptors (Lipinski definition) is 2. The van der Waals surface area contributed by atoms with E-state index in [0.29, 0.717) is 0 Å². The van der Waals surface area contributed by atoms with E-state index >= 15 is 0 Å². The van der Waals surface area contributed by atoms with E-state index in [1.165, 1.54) is 5.56 Å². The molecular formula is C15H25NOS. The smallest absolute Gasteiger partial charge is 0.0514 e. The molecule has 1 N–H and O–H groups in total. The van der Waals surface area contributed by atoms with Crippen LogP contribution in [0.15, 0.2) is 30.3 Å². The van der Waals surface area contributed by atoms with Gasteiger partial charge >= 0.3 is 0 Å². The van der Waals surface area contributed by atoms with Gasteiger partial charge in [-0.1, -0.05) is 44.2 Å². The van der Waals surface area contributed by atoms with Crippen LogP contribution in [0.25, 0.3) is 0 Å². The van der Waals surface area contributed by atoms with E-state index in [4.69, 9.17) is 0 Å². The largest absolute Gasteiger partial charge is 0.309 e. The van der Waals surface area contributed by atoms with E-state index in [1.807, 2.05) is 18.2 Å². The van der Waals surface area contributed by atoms with E-state index < -0.39 is 10.8 Å². The van der Waals surface area contributed by atoms with Gasteiger partial charge in [-0.15, -0.1) is 0 Å². The predicted molar refractivity (Wildman–Crippen MR) is 80.2 cm³/mol. The Morgan fingerprint density at radius 3 is 2.39 bits per heavy atom. The molecule has 18 heavy (non-hydrogen) atoms. The second kappa shape index (κ2) is 8.44. The molecule has 0 radical (unpaired) electrons. The summed E-state index contributed by atoms with van der Waals surface area (Å²) >= 11 is 0. The van der Waals surface area contributed by atoms with Crippen LogP contribution in [-0.4, -0.2) is 21.8 Å². The first kappa shape index (κ1) is 15.4. The Morgan fingerprint density at radius 1 is 1.17 bits per heavy atom.